The highest BCUT2D eigenvalue weighted by Crippen LogP contribution is 2.38. The Bertz CT molecular complexity index is 881. The summed E-state index contributed by atoms with van der Waals surface area (Å²) in [6.45, 7) is 1.93. The van der Waals surface area contributed by atoms with Gasteiger partial charge in [-0.3, -0.25) is 14.5 Å². The Balaban J connectivity index is 1.54. The fourth-order valence-electron chi connectivity index (χ4n) is 5.11. The van der Waals surface area contributed by atoms with Crippen molar-refractivity contribution in [2.24, 2.45) is 11.8 Å². The van der Waals surface area contributed by atoms with E-state index in [-0.39, 0.29) is 41.1 Å². The number of aryl methyl sites for hydroxylation is 1. The average molecular weight is 419 g/mol. The lowest BCUT2D eigenvalue weighted by Crippen LogP contribution is -2.36. The van der Waals surface area contributed by atoms with Crippen molar-refractivity contribution in [1.82, 2.24) is 9.62 Å². The number of benzene rings is 1. The maximum atomic E-state index is 13.0. The number of nitrogens with zero attached hydrogens (tertiary/aromatic N) is 1. The van der Waals surface area contributed by atoms with Gasteiger partial charge in [-0.1, -0.05) is 44.2 Å². The fraction of sp³-hybridized carbons (Fsp3) is 0.636. The summed E-state index contributed by atoms with van der Waals surface area (Å²) in [5.41, 5.74) is 1.35. The molecule has 4 rings (SSSR count). The lowest BCUT2D eigenvalue weighted by atomic mass is 9.81. The van der Waals surface area contributed by atoms with Crippen LogP contribution in [0, 0.1) is 18.8 Å². The molecule has 2 unspecified atom stereocenters. The van der Waals surface area contributed by atoms with Crippen molar-refractivity contribution in [2.75, 3.05) is 0 Å². The molecule has 0 spiro atoms. The van der Waals surface area contributed by atoms with Crippen molar-refractivity contribution in [3.8, 4) is 0 Å². The van der Waals surface area contributed by atoms with E-state index < -0.39 is 10.0 Å². The van der Waals surface area contributed by atoms with Crippen LogP contribution in [0.15, 0.2) is 23.1 Å². The second-order valence-corrected chi connectivity index (χ2v) is 10.5. The number of hydrogen-bond donors (Lipinski definition) is 1. The molecule has 0 radical (unpaired) electrons. The van der Waals surface area contributed by atoms with E-state index in [9.17, 15) is 18.0 Å². The number of hydrogen-bond acceptors (Lipinski definition) is 4. The molecule has 2 amide bonds. The van der Waals surface area contributed by atoms with Gasteiger partial charge in [-0.2, -0.15) is 0 Å². The van der Waals surface area contributed by atoms with Crippen LogP contribution in [0.2, 0.25) is 0 Å². The van der Waals surface area contributed by atoms with Gasteiger partial charge in [0.2, 0.25) is 21.8 Å². The number of amides is 2. The first-order valence-corrected chi connectivity index (χ1v) is 12.3. The van der Waals surface area contributed by atoms with Crippen LogP contribution in [0.25, 0.3) is 0 Å². The molecule has 0 aromatic heterocycles. The Morgan fingerprint density at radius 2 is 1.52 bits per heavy atom. The fourth-order valence-corrected chi connectivity index (χ4v) is 6.71. The van der Waals surface area contributed by atoms with Crippen LogP contribution in [0.5, 0.6) is 0 Å². The zero-order chi connectivity index (χ0) is 20.6. The van der Waals surface area contributed by atoms with Crippen LogP contribution in [-0.2, 0) is 26.2 Å². The molecule has 1 aliphatic heterocycles. The van der Waals surface area contributed by atoms with Crippen molar-refractivity contribution in [3.05, 3.63) is 29.3 Å². The zero-order valence-corrected chi connectivity index (χ0v) is 17.8. The highest BCUT2D eigenvalue weighted by molar-refractivity contribution is 7.89. The number of nitrogens with one attached hydrogen (secondary N) is 1. The Morgan fingerprint density at radius 3 is 2.14 bits per heavy atom. The number of carbonyl (C=O) groups is 2. The lowest BCUT2D eigenvalue weighted by molar-refractivity contribution is -0.140. The largest absolute Gasteiger partial charge is 0.278 e. The van der Waals surface area contributed by atoms with Gasteiger partial charge in [-0.15, -0.1) is 0 Å². The zero-order valence-electron chi connectivity index (χ0n) is 17.0. The van der Waals surface area contributed by atoms with Gasteiger partial charge < -0.3 is 0 Å². The summed E-state index contributed by atoms with van der Waals surface area (Å²) in [4.78, 5) is 27.1. The van der Waals surface area contributed by atoms with Crippen molar-refractivity contribution in [1.29, 1.82) is 0 Å². The summed E-state index contributed by atoms with van der Waals surface area (Å²) in [7, 11) is -3.63. The molecular weight excluding hydrogens is 388 g/mol. The van der Waals surface area contributed by atoms with Gasteiger partial charge in [-0.25, -0.2) is 13.1 Å². The topological polar surface area (TPSA) is 83.6 Å². The molecule has 2 saturated carbocycles. The van der Waals surface area contributed by atoms with E-state index in [2.05, 4.69) is 4.72 Å². The first kappa shape index (κ1) is 20.5. The maximum absolute atomic E-state index is 13.0. The molecule has 1 heterocycles. The second-order valence-electron chi connectivity index (χ2n) is 8.82. The highest BCUT2D eigenvalue weighted by Gasteiger charge is 2.47. The molecule has 2 aliphatic carbocycles. The number of imide groups is 1. The molecule has 2 atom stereocenters. The van der Waals surface area contributed by atoms with E-state index in [1.165, 1.54) is 4.90 Å². The number of carbonyl (C=O) groups excluding carboxylic acids is 2. The summed E-state index contributed by atoms with van der Waals surface area (Å²) in [6.07, 6.45) is 8.56. The van der Waals surface area contributed by atoms with Crippen molar-refractivity contribution < 1.29 is 18.0 Å². The number of sulfonamides is 1. The molecule has 3 aliphatic rings. The molecule has 1 aromatic carbocycles. The lowest BCUT2D eigenvalue weighted by Gasteiger charge is -2.23. The van der Waals surface area contributed by atoms with Crippen LogP contribution in [-0.4, -0.2) is 31.2 Å². The Hall–Kier alpha value is -1.73. The van der Waals surface area contributed by atoms with Crippen LogP contribution >= 0.6 is 0 Å². The van der Waals surface area contributed by atoms with Gasteiger partial charge in [0.05, 0.1) is 23.3 Å². The third-order valence-electron chi connectivity index (χ3n) is 6.74. The van der Waals surface area contributed by atoms with E-state index in [1.807, 2.05) is 6.07 Å². The van der Waals surface area contributed by atoms with Gasteiger partial charge >= 0.3 is 0 Å². The van der Waals surface area contributed by atoms with Gasteiger partial charge in [0.15, 0.2) is 0 Å². The van der Waals surface area contributed by atoms with Gasteiger partial charge in [-0.05, 0) is 49.8 Å². The van der Waals surface area contributed by atoms with E-state index in [0.29, 0.717) is 11.1 Å². The van der Waals surface area contributed by atoms with Crippen molar-refractivity contribution >= 4 is 21.8 Å². The molecule has 7 heteroatoms. The number of rotatable bonds is 5. The predicted octanol–water partition coefficient (Wildman–Crippen LogP) is 3.28. The summed E-state index contributed by atoms with van der Waals surface area (Å²) >= 11 is 0. The van der Waals surface area contributed by atoms with Gasteiger partial charge in [0.25, 0.3) is 0 Å². The number of likely N-dealkylation sites (tertiary alicyclic amines) is 1. The first-order valence-electron chi connectivity index (χ1n) is 10.8. The monoisotopic (exact) mass is 418 g/mol. The van der Waals surface area contributed by atoms with Crippen LogP contribution in [0.3, 0.4) is 0 Å². The maximum Gasteiger partial charge on any atom is 0.241 e. The quantitative estimate of drug-likeness (QED) is 0.744. The molecule has 1 saturated heterocycles. The first-order chi connectivity index (χ1) is 13.9. The second kappa shape index (κ2) is 8.19. The Kier molecular flexibility index (Phi) is 5.80. The molecule has 29 heavy (non-hydrogen) atoms. The van der Waals surface area contributed by atoms with E-state index in [1.54, 1.807) is 19.1 Å². The third kappa shape index (κ3) is 4.12. The SMILES string of the molecule is Cc1ccc(CN2C(=O)C3CCCCC3C2=O)cc1S(=O)(=O)NC1CCCCC1. The normalized spacial score (nSPS) is 26.0. The van der Waals surface area contributed by atoms with Crippen molar-refractivity contribution in [2.45, 2.75) is 82.2 Å². The predicted molar refractivity (Wildman–Crippen MR) is 109 cm³/mol. The van der Waals surface area contributed by atoms with E-state index in [4.69, 9.17) is 0 Å². The van der Waals surface area contributed by atoms with Gasteiger partial charge in [0, 0.05) is 6.04 Å². The summed E-state index contributed by atoms with van der Waals surface area (Å²) in [5, 5.41) is 0. The highest BCUT2D eigenvalue weighted by atomic mass is 32.2. The molecule has 3 fully saturated rings. The molecule has 0 bridgehead atoms. The third-order valence-corrected chi connectivity index (χ3v) is 8.40. The number of fused-ring (bicyclic) bond motifs is 1. The Labute approximate surface area is 173 Å². The van der Waals surface area contributed by atoms with Gasteiger partial charge in [0.1, 0.15) is 0 Å². The van der Waals surface area contributed by atoms with Crippen LogP contribution in [0.4, 0.5) is 0 Å². The molecule has 1 aromatic rings. The summed E-state index contributed by atoms with van der Waals surface area (Å²) < 4.78 is 28.8. The molecule has 6 nitrogen and oxygen atoms in total. The van der Waals surface area contributed by atoms with E-state index >= 15 is 0 Å². The summed E-state index contributed by atoms with van der Waals surface area (Å²) in [6, 6.07) is 5.20. The smallest absolute Gasteiger partial charge is 0.241 e. The minimum absolute atomic E-state index is 0.0123. The van der Waals surface area contributed by atoms with Crippen molar-refractivity contribution in [3.63, 3.8) is 0 Å². The molecule has 158 valence electrons. The minimum Gasteiger partial charge on any atom is -0.278 e. The molecular formula is C22H30N2O4S. The standard InChI is InChI=1S/C22H30N2O4S/c1-15-11-12-16(13-20(15)29(27,28)23-17-7-3-2-4-8-17)14-24-21(25)18-9-5-6-10-19(18)22(24)26/h11-13,17-19,23H,2-10,14H2,1H3. The average Bonchev–Trinajstić information content (AvgIpc) is 2.95. The van der Waals surface area contributed by atoms with E-state index in [0.717, 1.165) is 57.8 Å². The van der Waals surface area contributed by atoms with Crippen LogP contribution in [0.1, 0.15) is 68.9 Å². The summed E-state index contributed by atoms with van der Waals surface area (Å²) in [5.74, 6) is -0.550. The molecule has 1 N–H and O–H groups in total. The Morgan fingerprint density at radius 1 is 0.931 bits per heavy atom. The van der Waals surface area contributed by atoms with Crippen LogP contribution < -0.4 is 4.72 Å². The minimum atomic E-state index is -3.63.